The number of hydrogen-bond donors (Lipinski definition) is 1. The summed E-state index contributed by atoms with van der Waals surface area (Å²) >= 11 is 0. The van der Waals surface area contributed by atoms with Crippen LogP contribution in [0.15, 0.2) is 36.8 Å². The first kappa shape index (κ1) is 15.0. The van der Waals surface area contributed by atoms with Crippen LogP contribution in [0.25, 0.3) is 16.7 Å². The molecule has 0 aliphatic carbocycles. The maximum atomic E-state index is 14.0. The van der Waals surface area contributed by atoms with Gasteiger partial charge in [0.05, 0.1) is 37.5 Å². The SMILES string of the molecule is Fc1ccccc1-n1ncc2c(NCC3COCCO3)ncnc21. The van der Waals surface area contributed by atoms with E-state index in [9.17, 15) is 4.39 Å². The predicted octanol–water partition coefficient (Wildman–Crippen LogP) is 1.78. The van der Waals surface area contributed by atoms with Gasteiger partial charge in [0.1, 0.15) is 23.6 Å². The molecule has 2 aromatic heterocycles. The predicted molar refractivity (Wildman–Crippen MR) is 85.7 cm³/mol. The van der Waals surface area contributed by atoms with Gasteiger partial charge in [-0.1, -0.05) is 12.1 Å². The fourth-order valence-electron chi connectivity index (χ4n) is 2.65. The van der Waals surface area contributed by atoms with Gasteiger partial charge in [-0.25, -0.2) is 19.0 Å². The summed E-state index contributed by atoms with van der Waals surface area (Å²) in [7, 11) is 0. The first-order chi connectivity index (χ1) is 11.8. The number of ether oxygens (including phenoxy) is 2. The Balaban J connectivity index is 1.63. The van der Waals surface area contributed by atoms with Crippen molar-refractivity contribution >= 4 is 16.9 Å². The van der Waals surface area contributed by atoms with Crippen LogP contribution in [0.5, 0.6) is 0 Å². The van der Waals surface area contributed by atoms with E-state index in [2.05, 4.69) is 20.4 Å². The molecule has 3 heterocycles. The Bertz CT molecular complexity index is 847. The Hall–Kier alpha value is -2.58. The van der Waals surface area contributed by atoms with Crippen LogP contribution >= 0.6 is 0 Å². The molecule has 1 fully saturated rings. The highest BCUT2D eigenvalue weighted by atomic mass is 19.1. The Labute approximate surface area is 137 Å². The molecule has 0 amide bonds. The summed E-state index contributed by atoms with van der Waals surface area (Å²) < 4.78 is 26.5. The minimum atomic E-state index is -0.358. The summed E-state index contributed by atoms with van der Waals surface area (Å²) in [4.78, 5) is 8.50. The van der Waals surface area contributed by atoms with E-state index in [1.807, 2.05) is 0 Å². The Morgan fingerprint density at radius 1 is 1.25 bits per heavy atom. The van der Waals surface area contributed by atoms with Crippen molar-refractivity contribution in [2.45, 2.75) is 6.10 Å². The van der Waals surface area contributed by atoms with Gasteiger partial charge in [-0.3, -0.25) is 0 Å². The topological polar surface area (TPSA) is 74.1 Å². The largest absolute Gasteiger partial charge is 0.376 e. The first-order valence-corrected chi connectivity index (χ1v) is 7.70. The zero-order valence-corrected chi connectivity index (χ0v) is 12.9. The van der Waals surface area contributed by atoms with E-state index in [0.717, 1.165) is 5.39 Å². The molecule has 3 aromatic rings. The molecule has 1 unspecified atom stereocenters. The normalized spacial score (nSPS) is 18.0. The van der Waals surface area contributed by atoms with Crippen LogP contribution in [0.2, 0.25) is 0 Å². The maximum Gasteiger partial charge on any atom is 0.168 e. The van der Waals surface area contributed by atoms with E-state index in [1.165, 1.54) is 17.1 Å². The number of fused-ring (bicyclic) bond motifs is 1. The van der Waals surface area contributed by atoms with Crippen molar-refractivity contribution in [3.63, 3.8) is 0 Å². The number of rotatable bonds is 4. The van der Waals surface area contributed by atoms with Gasteiger partial charge in [0.2, 0.25) is 0 Å². The Morgan fingerprint density at radius 2 is 2.17 bits per heavy atom. The monoisotopic (exact) mass is 329 g/mol. The summed E-state index contributed by atoms with van der Waals surface area (Å²) in [5.41, 5.74) is 0.888. The fourth-order valence-corrected chi connectivity index (χ4v) is 2.65. The van der Waals surface area contributed by atoms with Crippen LogP contribution < -0.4 is 5.32 Å². The zero-order valence-electron chi connectivity index (χ0n) is 12.9. The van der Waals surface area contributed by atoms with E-state index < -0.39 is 0 Å². The molecule has 1 saturated heterocycles. The highest BCUT2D eigenvalue weighted by Crippen LogP contribution is 2.22. The third kappa shape index (κ3) is 2.81. The van der Waals surface area contributed by atoms with Crippen molar-refractivity contribution < 1.29 is 13.9 Å². The summed E-state index contributed by atoms with van der Waals surface area (Å²) in [5.74, 6) is 0.278. The third-order valence-corrected chi connectivity index (χ3v) is 3.83. The van der Waals surface area contributed by atoms with Crippen LogP contribution in [0.4, 0.5) is 10.2 Å². The molecule has 1 N–H and O–H groups in total. The molecule has 0 radical (unpaired) electrons. The van der Waals surface area contributed by atoms with Gasteiger partial charge in [-0.2, -0.15) is 5.10 Å². The fraction of sp³-hybridized carbons (Fsp3) is 0.312. The average molecular weight is 329 g/mol. The number of benzene rings is 1. The third-order valence-electron chi connectivity index (χ3n) is 3.83. The molecule has 8 heteroatoms. The average Bonchev–Trinajstić information content (AvgIpc) is 3.06. The van der Waals surface area contributed by atoms with E-state index in [1.54, 1.807) is 24.4 Å². The summed E-state index contributed by atoms with van der Waals surface area (Å²) in [6, 6.07) is 6.44. The molecular formula is C16H16FN5O2. The molecule has 4 rings (SSSR count). The van der Waals surface area contributed by atoms with Crippen molar-refractivity contribution in [3.8, 4) is 5.69 Å². The Morgan fingerprint density at radius 3 is 3.00 bits per heavy atom. The number of hydrogen-bond acceptors (Lipinski definition) is 6. The number of aromatic nitrogens is 4. The number of para-hydroxylation sites is 1. The van der Waals surface area contributed by atoms with Gasteiger partial charge >= 0.3 is 0 Å². The van der Waals surface area contributed by atoms with Gasteiger partial charge in [0.15, 0.2) is 5.65 Å². The van der Waals surface area contributed by atoms with Gasteiger partial charge in [-0.05, 0) is 12.1 Å². The van der Waals surface area contributed by atoms with Crippen LogP contribution in [-0.4, -0.2) is 52.2 Å². The van der Waals surface area contributed by atoms with Crippen molar-refractivity contribution in [2.75, 3.05) is 31.7 Å². The van der Waals surface area contributed by atoms with Gasteiger partial charge < -0.3 is 14.8 Å². The second-order valence-corrected chi connectivity index (χ2v) is 5.42. The second-order valence-electron chi connectivity index (χ2n) is 5.42. The van der Waals surface area contributed by atoms with E-state index in [0.29, 0.717) is 43.5 Å². The molecule has 7 nitrogen and oxygen atoms in total. The number of anilines is 1. The highest BCUT2D eigenvalue weighted by molar-refractivity contribution is 5.87. The first-order valence-electron chi connectivity index (χ1n) is 7.70. The maximum absolute atomic E-state index is 14.0. The number of nitrogens with one attached hydrogen (secondary N) is 1. The lowest BCUT2D eigenvalue weighted by molar-refractivity contribution is -0.0819. The lowest BCUT2D eigenvalue weighted by Crippen LogP contribution is -2.34. The minimum absolute atomic E-state index is 0.0228. The quantitative estimate of drug-likeness (QED) is 0.786. The van der Waals surface area contributed by atoms with Crippen LogP contribution in [-0.2, 0) is 9.47 Å². The van der Waals surface area contributed by atoms with E-state index >= 15 is 0 Å². The molecule has 0 bridgehead atoms. The van der Waals surface area contributed by atoms with Crippen molar-refractivity contribution in [1.82, 2.24) is 19.7 Å². The van der Waals surface area contributed by atoms with Gasteiger partial charge in [-0.15, -0.1) is 0 Å². The molecule has 1 aliphatic heterocycles. The molecule has 0 saturated carbocycles. The zero-order chi connectivity index (χ0) is 16.4. The summed E-state index contributed by atoms with van der Waals surface area (Å²) in [6.07, 6.45) is 3.04. The summed E-state index contributed by atoms with van der Waals surface area (Å²) in [6.45, 7) is 2.34. The standard InChI is InChI=1S/C16H16FN5O2/c17-13-3-1-2-4-14(13)22-16-12(8-21-22)15(19-10-20-16)18-7-11-9-23-5-6-24-11/h1-4,8,10-11H,5-7,9H2,(H,18,19,20). The van der Waals surface area contributed by atoms with Gasteiger partial charge in [0, 0.05) is 6.54 Å². The molecule has 1 atom stereocenters. The second kappa shape index (κ2) is 6.50. The molecule has 1 aromatic carbocycles. The summed E-state index contributed by atoms with van der Waals surface area (Å²) in [5, 5.41) is 8.21. The lowest BCUT2D eigenvalue weighted by atomic mass is 10.3. The van der Waals surface area contributed by atoms with E-state index in [4.69, 9.17) is 9.47 Å². The van der Waals surface area contributed by atoms with Crippen molar-refractivity contribution in [2.24, 2.45) is 0 Å². The van der Waals surface area contributed by atoms with Crippen molar-refractivity contribution in [3.05, 3.63) is 42.6 Å². The molecule has 1 aliphatic rings. The molecular weight excluding hydrogens is 313 g/mol. The van der Waals surface area contributed by atoms with Crippen LogP contribution in [0.3, 0.4) is 0 Å². The van der Waals surface area contributed by atoms with Crippen LogP contribution in [0.1, 0.15) is 0 Å². The lowest BCUT2D eigenvalue weighted by Gasteiger charge is -2.23. The van der Waals surface area contributed by atoms with Crippen LogP contribution in [0, 0.1) is 5.82 Å². The molecule has 0 spiro atoms. The molecule has 124 valence electrons. The smallest absolute Gasteiger partial charge is 0.168 e. The molecule has 24 heavy (non-hydrogen) atoms. The van der Waals surface area contributed by atoms with Gasteiger partial charge in [0.25, 0.3) is 0 Å². The minimum Gasteiger partial charge on any atom is -0.376 e. The number of nitrogens with zero attached hydrogens (tertiary/aromatic N) is 4. The van der Waals surface area contributed by atoms with E-state index in [-0.39, 0.29) is 11.9 Å². The Kier molecular flexibility index (Phi) is 4.06. The number of halogens is 1. The highest BCUT2D eigenvalue weighted by Gasteiger charge is 2.17. The van der Waals surface area contributed by atoms with Crippen molar-refractivity contribution in [1.29, 1.82) is 0 Å².